The van der Waals surface area contributed by atoms with Crippen LogP contribution in [0.4, 0.5) is 4.79 Å². The van der Waals surface area contributed by atoms with Gasteiger partial charge in [-0.1, -0.05) is 20.4 Å². The van der Waals surface area contributed by atoms with E-state index in [1.165, 1.54) is 0 Å². The molecule has 5 nitrogen and oxygen atoms in total. The summed E-state index contributed by atoms with van der Waals surface area (Å²) in [5.41, 5.74) is 0.223. The van der Waals surface area contributed by atoms with Crippen molar-refractivity contribution in [3.8, 4) is 0 Å². The molecule has 0 rings (SSSR count). The standard InChI is InChI=1S/C15H27NO4/c1-8-12(17)19-13(10(2)3)11(4)9-16-14(18)20-15(5,6)7/h11,13H,2,8-9H2,1,3-7H3,(H,16,18)/t11-,13-/m1/s1. The van der Waals surface area contributed by atoms with Crippen molar-refractivity contribution >= 4 is 12.1 Å². The number of carbonyl (C=O) groups is 2. The number of amides is 1. The second-order valence-electron chi connectivity index (χ2n) is 5.97. The molecule has 0 saturated carbocycles. The van der Waals surface area contributed by atoms with Crippen molar-refractivity contribution in [2.75, 3.05) is 6.54 Å². The first-order valence-corrected chi connectivity index (χ1v) is 6.88. The lowest BCUT2D eigenvalue weighted by atomic mass is 9.99. The zero-order chi connectivity index (χ0) is 15.9. The van der Waals surface area contributed by atoms with Gasteiger partial charge in [0.05, 0.1) is 0 Å². The Morgan fingerprint density at radius 1 is 1.30 bits per heavy atom. The molecule has 2 atom stereocenters. The molecule has 0 bridgehead atoms. The van der Waals surface area contributed by atoms with Crippen LogP contribution in [-0.2, 0) is 14.3 Å². The van der Waals surface area contributed by atoms with E-state index in [0.717, 1.165) is 5.57 Å². The van der Waals surface area contributed by atoms with Gasteiger partial charge in [-0.3, -0.25) is 4.79 Å². The third kappa shape index (κ3) is 7.81. The summed E-state index contributed by atoms with van der Waals surface area (Å²) >= 11 is 0. The predicted octanol–water partition coefficient (Wildman–Crippen LogP) is 3.05. The monoisotopic (exact) mass is 285 g/mol. The van der Waals surface area contributed by atoms with Crippen LogP contribution in [0.2, 0.25) is 0 Å². The van der Waals surface area contributed by atoms with Crippen LogP contribution < -0.4 is 5.32 Å². The Morgan fingerprint density at radius 3 is 2.25 bits per heavy atom. The molecule has 0 aliphatic rings. The van der Waals surface area contributed by atoms with E-state index in [-0.39, 0.29) is 11.9 Å². The molecule has 0 aromatic carbocycles. The Labute approximate surface area is 121 Å². The average molecular weight is 285 g/mol. The van der Waals surface area contributed by atoms with Crippen molar-refractivity contribution in [1.29, 1.82) is 0 Å². The van der Waals surface area contributed by atoms with Crippen LogP contribution in [0.15, 0.2) is 12.2 Å². The van der Waals surface area contributed by atoms with E-state index in [0.29, 0.717) is 13.0 Å². The van der Waals surface area contributed by atoms with Gasteiger partial charge in [0.25, 0.3) is 0 Å². The first-order chi connectivity index (χ1) is 9.06. The second-order valence-corrected chi connectivity index (χ2v) is 5.97. The van der Waals surface area contributed by atoms with Crippen molar-refractivity contribution in [3.05, 3.63) is 12.2 Å². The number of alkyl carbamates (subject to hydrolysis) is 1. The molecule has 0 radical (unpaired) electrons. The van der Waals surface area contributed by atoms with Gasteiger partial charge >= 0.3 is 12.1 Å². The molecule has 1 N–H and O–H groups in total. The SMILES string of the molecule is C=C(C)[C@@H](OC(=O)CC)[C@H](C)CNC(=O)OC(C)(C)C. The van der Waals surface area contributed by atoms with Crippen LogP contribution in [0.25, 0.3) is 0 Å². The smallest absolute Gasteiger partial charge is 0.407 e. The lowest BCUT2D eigenvalue weighted by molar-refractivity contribution is -0.148. The number of rotatable bonds is 6. The number of esters is 1. The maximum atomic E-state index is 11.6. The van der Waals surface area contributed by atoms with Gasteiger partial charge in [-0.25, -0.2) is 4.79 Å². The fourth-order valence-corrected chi connectivity index (χ4v) is 1.59. The Hall–Kier alpha value is -1.52. The Kier molecular flexibility index (Phi) is 7.32. The molecule has 20 heavy (non-hydrogen) atoms. The van der Waals surface area contributed by atoms with Crippen LogP contribution in [0.1, 0.15) is 48.0 Å². The van der Waals surface area contributed by atoms with Crippen LogP contribution in [0, 0.1) is 5.92 Å². The molecule has 0 aromatic heterocycles. The molecule has 116 valence electrons. The predicted molar refractivity (Wildman–Crippen MR) is 78.4 cm³/mol. The summed E-state index contributed by atoms with van der Waals surface area (Å²) in [4.78, 5) is 23.0. The van der Waals surface area contributed by atoms with Gasteiger partial charge in [-0.05, 0) is 33.3 Å². The van der Waals surface area contributed by atoms with E-state index in [1.807, 2.05) is 6.92 Å². The van der Waals surface area contributed by atoms with E-state index >= 15 is 0 Å². The molecular formula is C15H27NO4. The normalized spacial score (nSPS) is 14.1. The summed E-state index contributed by atoms with van der Waals surface area (Å²) in [5.74, 6) is -0.349. The highest BCUT2D eigenvalue weighted by Crippen LogP contribution is 2.16. The summed E-state index contributed by atoms with van der Waals surface area (Å²) in [6, 6.07) is 0. The molecule has 0 heterocycles. The first-order valence-electron chi connectivity index (χ1n) is 6.88. The average Bonchev–Trinajstić information content (AvgIpc) is 2.30. The molecular weight excluding hydrogens is 258 g/mol. The van der Waals surface area contributed by atoms with Crippen molar-refractivity contribution in [2.45, 2.75) is 59.7 Å². The van der Waals surface area contributed by atoms with E-state index in [2.05, 4.69) is 11.9 Å². The Balaban J connectivity index is 4.40. The number of ether oxygens (including phenoxy) is 2. The zero-order valence-electron chi connectivity index (χ0n) is 13.4. The van der Waals surface area contributed by atoms with E-state index < -0.39 is 17.8 Å². The second kappa shape index (κ2) is 7.92. The molecule has 0 saturated heterocycles. The molecule has 0 unspecified atom stereocenters. The Morgan fingerprint density at radius 2 is 1.85 bits per heavy atom. The lowest BCUT2D eigenvalue weighted by Crippen LogP contribution is -2.38. The van der Waals surface area contributed by atoms with Crippen molar-refractivity contribution in [1.82, 2.24) is 5.32 Å². The van der Waals surface area contributed by atoms with Gasteiger partial charge in [-0.2, -0.15) is 0 Å². The summed E-state index contributed by atoms with van der Waals surface area (Å²) in [7, 11) is 0. The van der Waals surface area contributed by atoms with Gasteiger partial charge < -0.3 is 14.8 Å². The van der Waals surface area contributed by atoms with Crippen molar-refractivity contribution < 1.29 is 19.1 Å². The first kappa shape index (κ1) is 18.5. The Bertz CT molecular complexity index is 357. The molecule has 0 aliphatic carbocycles. The van der Waals surface area contributed by atoms with E-state index in [1.54, 1.807) is 34.6 Å². The van der Waals surface area contributed by atoms with Gasteiger partial charge in [0, 0.05) is 18.9 Å². The molecule has 0 aromatic rings. The number of nitrogens with one attached hydrogen (secondary N) is 1. The lowest BCUT2D eigenvalue weighted by Gasteiger charge is -2.25. The zero-order valence-corrected chi connectivity index (χ0v) is 13.4. The van der Waals surface area contributed by atoms with Crippen LogP contribution in [0.5, 0.6) is 0 Å². The van der Waals surface area contributed by atoms with Gasteiger partial charge in [0.15, 0.2) is 0 Å². The minimum Gasteiger partial charge on any atom is -0.457 e. The molecule has 0 aliphatic heterocycles. The third-order valence-corrected chi connectivity index (χ3v) is 2.52. The highest BCUT2D eigenvalue weighted by atomic mass is 16.6. The molecule has 0 fully saturated rings. The maximum Gasteiger partial charge on any atom is 0.407 e. The summed E-state index contributed by atoms with van der Waals surface area (Å²) in [6.45, 7) is 15.0. The minimum atomic E-state index is -0.532. The largest absolute Gasteiger partial charge is 0.457 e. The van der Waals surface area contributed by atoms with Crippen LogP contribution in [0.3, 0.4) is 0 Å². The summed E-state index contributed by atoms with van der Waals surface area (Å²) in [6.07, 6.45) is -0.570. The fraction of sp³-hybridized carbons (Fsp3) is 0.733. The maximum absolute atomic E-state index is 11.6. The van der Waals surface area contributed by atoms with E-state index in [4.69, 9.17) is 9.47 Å². The van der Waals surface area contributed by atoms with Crippen LogP contribution >= 0.6 is 0 Å². The van der Waals surface area contributed by atoms with Crippen LogP contribution in [-0.4, -0.2) is 30.3 Å². The summed E-state index contributed by atoms with van der Waals surface area (Å²) in [5, 5.41) is 2.67. The molecule has 5 heteroatoms. The van der Waals surface area contributed by atoms with Crippen molar-refractivity contribution in [2.24, 2.45) is 5.92 Å². The number of hydrogen-bond acceptors (Lipinski definition) is 4. The fourth-order valence-electron chi connectivity index (χ4n) is 1.59. The minimum absolute atomic E-state index is 0.0736. The molecule has 1 amide bonds. The topological polar surface area (TPSA) is 64.6 Å². The molecule has 0 spiro atoms. The van der Waals surface area contributed by atoms with E-state index in [9.17, 15) is 9.59 Å². The third-order valence-electron chi connectivity index (χ3n) is 2.52. The number of hydrogen-bond donors (Lipinski definition) is 1. The highest BCUT2D eigenvalue weighted by molar-refractivity contribution is 5.69. The van der Waals surface area contributed by atoms with Crippen molar-refractivity contribution in [3.63, 3.8) is 0 Å². The van der Waals surface area contributed by atoms with Gasteiger partial charge in [-0.15, -0.1) is 0 Å². The highest BCUT2D eigenvalue weighted by Gasteiger charge is 2.23. The number of carbonyl (C=O) groups excluding carboxylic acids is 2. The van der Waals surface area contributed by atoms with Gasteiger partial charge in [0.1, 0.15) is 11.7 Å². The summed E-state index contributed by atoms with van der Waals surface area (Å²) < 4.78 is 10.5. The quantitative estimate of drug-likeness (QED) is 0.602. The van der Waals surface area contributed by atoms with Gasteiger partial charge in [0.2, 0.25) is 0 Å².